The molecule has 2 aromatic carbocycles. The molecule has 1 amide bonds. The van der Waals surface area contributed by atoms with Crippen LogP contribution in [0.2, 0.25) is 0 Å². The van der Waals surface area contributed by atoms with Crippen LogP contribution in [0.5, 0.6) is 0 Å². The van der Waals surface area contributed by atoms with Crippen LogP contribution in [-0.2, 0) is 19.1 Å². The monoisotopic (exact) mass is 736 g/mol. The van der Waals surface area contributed by atoms with Crippen LogP contribution in [0.15, 0.2) is 36.4 Å². The van der Waals surface area contributed by atoms with Gasteiger partial charge in [0.05, 0.1) is 45.3 Å². The number of hydrogen-bond acceptors (Lipinski definition) is 8. The Hall–Kier alpha value is -2.96. The number of thiazole rings is 1. The molecule has 12 heteroatoms. The fraction of sp³-hybridized carbons (Fsp3) is 0.419. The van der Waals surface area contributed by atoms with Crippen LogP contribution < -0.4 is 0 Å². The number of nitrogens with zero attached hydrogens (tertiary/aromatic N) is 2. The van der Waals surface area contributed by atoms with Crippen LogP contribution in [0.1, 0.15) is 58.8 Å². The van der Waals surface area contributed by atoms with Gasteiger partial charge in [-0.2, -0.15) is 0 Å². The van der Waals surface area contributed by atoms with Crippen LogP contribution in [-0.4, -0.2) is 74.8 Å². The first-order chi connectivity index (χ1) is 20.4. The molecule has 0 bridgehead atoms. The fourth-order valence-electron chi connectivity index (χ4n) is 4.92. The van der Waals surface area contributed by atoms with Gasteiger partial charge in [-0.05, 0) is 37.3 Å². The number of methoxy groups -OCH3 is 1. The minimum Gasteiger partial charge on any atom is -0.480 e. The Bertz CT molecular complexity index is 1500. The number of aromatic nitrogens is 1. The molecule has 0 spiro atoms. The first-order valence-electron chi connectivity index (χ1n) is 13.7. The third-order valence-corrected chi connectivity index (χ3v) is 9.29. The standard InChI is InChI=1S/C18H13Br2NO2S.C13H21NO5/c1-10-21-17-13(6-7-14(16(23)9-20)18(17)24-10)11-2-4-12(5-3-11)15(22)8-19;1-8(2)9(7-11(15)19-3)12(16)14-6-4-5-10(14)13(17)18/h2-7H,8-9H2,1H3;8-10H,4-7H2,1-3H3,(H,17,18)/t;9-,10-/m.0/s1. The van der Waals surface area contributed by atoms with E-state index in [1.54, 1.807) is 0 Å². The number of carbonyl (C=O) groups is 5. The number of halogens is 2. The summed E-state index contributed by atoms with van der Waals surface area (Å²) in [5, 5.41) is 10.6. The quantitative estimate of drug-likeness (QED) is 0.145. The van der Waals surface area contributed by atoms with Crippen molar-refractivity contribution in [3.05, 3.63) is 52.5 Å². The number of carboxylic acids is 1. The number of carbonyl (C=O) groups excluding carboxylic acids is 4. The largest absolute Gasteiger partial charge is 0.480 e. The highest BCUT2D eigenvalue weighted by Gasteiger charge is 2.38. The zero-order valence-corrected chi connectivity index (χ0v) is 28.4. The molecular weight excluding hydrogens is 704 g/mol. The van der Waals surface area contributed by atoms with Crippen LogP contribution in [0.4, 0.5) is 0 Å². The predicted molar refractivity (Wildman–Crippen MR) is 173 cm³/mol. The number of esters is 1. The summed E-state index contributed by atoms with van der Waals surface area (Å²) in [7, 11) is 1.28. The maximum absolute atomic E-state index is 12.4. The Balaban J connectivity index is 0.000000243. The zero-order valence-electron chi connectivity index (χ0n) is 24.4. The number of aryl methyl sites for hydroxylation is 1. The molecule has 1 aromatic heterocycles. The molecule has 4 rings (SSSR count). The van der Waals surface area contributed by atoms with Gasteiger partial charge in [0.2, 0.25) is 5.91 Å². The van der Waals surface area contributed by atoms with Gasteiger partial charge < -0.3 is 14.7 Å². The number of carboxylic acid groups (broad SMARTS) is 1. The topological polar surface area (TPSA) is 131 Å². The number of aliphatic carboxylic acids is 1. The lowest BCUT2D eigenvalue weighted by Gasteiger charge is -2.28. The average Bonchev–Trinajstić information content (AvgIpc) is 3.65. The second-order valence-electron chi connectivity index (χ2n) is 10.4. The average molecular weight is 738 g/mol. The lowest BCUT2D eigenvalue weighted by molar-refractivity contribution is -0.153. The first kappa shape index (κ1) is 34.5. The maximum atomic E-state index is 12.4. The van der Waals surface area contributed by atoms with Gasteiger partial charge in [0.1, 0.15) is 6.04 Å². The molecule has 9 nitrogen and oxygen atoms in total. The van der Waals surface area contributed by atoms with Crippen molar-refractivity contribution in [3.63, 3.8) is 0 Å². The van der Waals surface area contributed by atoms with Crippen molar-refractivity contribution >= 4 is 82.8 Å². The number of hydrogen-bond donors (Lipinski definition) is 1. The van der Waals surface area contributed by atoms with E-state index in [9.17, 15) is 24.0 Å². The maximum Gasteiger partial charge on any atom is 0.326 e. The summed E-state index contributed by atoms with van der Waals surface area (Å²) in [6.07, 6.45) is 1.16. The van der Waals surface area contributed by atoms with E-state index in [-0.39, 0.29) is 29.8 Å². The lowest BCUT2D eigenvalue weighted by atomic mass is 9.91. The number of likely N-dealkylation sites (tertiary alicyclic amines) is 1. The summed E-state index contributed by atoms with van der Waals surface area (Å²) in [4.78, 5) is 64.7. The van der Waals surface area contributed by atoms with Crippen LogP contribution in [0.3, 0.4) is 0 Å². The van der Waals surface area contributed by atoms with Crippen LogP contribution in [0.25, 0.3) is 21.3 Å². The molecule has 1 aliphatic heterocycles. The van der Waals surface area contributed by atoms with E-state index in [4.69, 9.17) is 5.11 Å². The highest BCUT2D eigenvalue weighted by Crippen LogP contribution is 2.34. The SMILES string of the molecule is COC(=O)C[C@H](C(=O)N1CCC[C@H]1C(=O)O)C(C)C.Cc1nc2c(-c3ccc(C(=O)CBr)cc3)ccc(C(=O)CBr)c2s1. The number of alkyl halides is 2. The van der Waals surface area contributed by atoms with Crippen molar-refractivity contribution in [2.45, 2.75) is 46.1 Å². The Morgan fingerprint density at radius 3 is 2.26 bits per heavy atom. The highest BCUT2D eigenvalue weighted by molar-refractivity contribution is 9.09. The van der Waals surface area contributed by atoms with E-state index in [1.165, 1.54) is 23.3 Å². The molecule has 1 saturated heterocycles. The van der Waals surface area contributed by atoms with E-state index in [0.717, 1.165) is 26.4 Å². The number of rotatable bonds is 10. The number of fused-ring (bicyclic) bond motifs is 1. The number of Topliss-reactive ketones (excluding diaryl/α,β-unsaturated/α-hetero) is 2. The molecule has 1 N–H and O–H groups in total. The molecule has 230 valence electrons. The summed E-state index contributed by atoms with van der Waals surface area (Å²) < 4.78 is 5.50. The van der Waals surface area contributed by atoms with Gasteiger partial charge in [0, 0.05) is 23.2 Å². The Kier molecular flexibility index (Phi) is 12.6. The van der Waals surface area contributed by atoms with Gasteiger partial charge in [-0.1, -0.05) is 76.0 Å². The second kappa shape index (κ2) is 15.7. The van der Waals surface area contributed by atoms with Crippen molar-refractivity contribution < 1.29 is 33.8 Å². The summed E-state index contributed by atoms with van der Waals surface area (Å²) in [5.41, 5.74) is 4.16. The fourth-order valence-corrected chi connectivity index (χ4v) is 6.52. The minimum atomic E-state index is -0.980. The van der Waals surface area contributed by atoms with E-state index in [2.05, 4.69) is 41.6 Å². The van der Waals surface area contributed by atoms with E-state index >= 15 is 0 Å². The minimum absolute atomic E-state index is 0.00413. The number of ether oxygens (including phenoxy) is 1. The molecule has 0 radical (unpaired) electrons. The first-order valence-corrected chi connectivity index (χ1v) is 16.8. The van der Waals surface area contributed by atoms with Gasteiger partial charge in [-0.3, -0.25) is 19.2 Å². The molecule has 3 aromatic rings. The predicted octanol–water partition coefficient (Wildman–Crippen LogP) is 6.32. The third-order valence-electron chi connectivity index (χ3n) is 7.27. The zero-order chi connectivity index (χ0) is 31.8. The molecule has 0 unspecified atom stereocenters. The number of benzene rings is 2. The van der Waals surface area contributed by atoms with Gasteiger partial charge >= 0.3 is 11.9 Å². The summed E-state index contributed by atoms with van der Waals surface area (Å²) in [5.74, 6) is -2.15. The summed E-state index contributed by atoms with van der Waals surface area (Å²) in [6, 6.07) is 10.5. The number of ketones is 2. The molecule has 43 heavy (non-hydrogen) atoms. The Labute approximate surface area is 271 Å². The van der Waals surface area contributed by atoms with Crippen molar-refractivity contribution in [3.8, 4) is 11.1 Å². The lowest BCUT2D eigenvalue weighted by Crippen LogP contribution is -2.45. The Morgan fingerprint density at radius 1 is 1.05 bits per heavy atom. The van der Waals surface area contributed by atoms with Crippen molar-refractivity contribution in [2.75, 3.05) is 24.3 Å². The normalized spacial score (nSPS) is 15.1. The molecule has 1 fully saturated rings. The molecule has 0 aliphatic carbocycles. The van der Waals surface area contributed by atoms with Gasteiger partial charge in [0.25, 0.3) is 0 Å². The molecule has 0 saturated carbocycles. The summed E-state index contributed by atoms with van der Waals surface area (Å²) in [6.45, 7) is 6.07. The van der Waals surface area contributed by atoms with Gasteiger partial charge in [-0.25, -0.2) is 9.78 Å². The van der Waals surface area contributed by atoms with E-state index < -0.39 is 23.9 Å². The van der Waals surface area contributed by atoms with E-state index in [1.807, 2.05) is 57.2 Å². The molecular formula is C31H34Br2N2O7S. The van der Waals surface area contributed by atoms with Crippen LogP contribution >= 0.6 is 43.2 Å². The smallest absolute Gasteiger partial charge is 0.326 e. The van der Waals surface area contributed by atoms with Crippen LogP contribution in [0, 0.1) is 18.8 Å². The van der Waals surface area contributed by atoms with Gasteiger partial charge in [0.15, 0.2) is 11.6 Å². The van der Waals surface area contributed by atoms with E-state index in [0.29, 0.717) is 41.2 Å². The molecule has 2 atom stereocenters. The van der Waals surface area contributed by atoms with Gasteiger partial charge in [-0.15, -0.1) is 11.3 Å². The molecule has 2 heterocycles. The molecule has 1 aliphatic rings. The summed E-state index contributed by atoms with van der Waals surface area (Å²) >= 11 is 7.95. The Morgan fingerprint density at radius 2 is 1.70 bits per heavy atom. The van der Waals surface area contributed by atoms with Crippen molar-refractivity contribution in [1.82, 2.24) is 9.88 Å². The van der Waals surface area contributed by atoms with Crippen molar-refractivity contribution in [1.29, 1.82) is 0 Å². The second-order valence-corrected chi connectivity index (χ2v) is 12.7. The van der Waals surface area contributed by atoms with Crippen molar-refractivity contribution in [2.24, 2.45) is 11.8 Å². The highest BCUT2D eigenvalue weighted by atomic mass is 79.9. The third kappa shape index (κ3) is 8.36. The number of amides is 1.